The lowest BCUT2D eigenvalue weighted by Crippen LogP contribution is -1.66. The van der Waals surface area contributed by atoms with Crippen LogP contribution in [0.15, 0.2) is 67.2 Å². The molecule has 102 valence electrons. The molecule has 0 unspecified atom stereocenters. The molecule has 0 atom stereocenters. The van der Waals surface area contributed by atoms with E-state index in [2.05, 4.69) is 46.4 Å². The third-order valence-corrected chi connectivity index (χ3v) is 1.98. The first kappa shape index (κ1) is 17.2. The molecule has 0 fully saturated rings. The Hall–Kier alpha value is -1.82. The van der Waals surface area contributed by atoms with Crippen LogP contribution < -0.4 is 0 Å². The van der Waals surface area contributed by atoms with Crippen molar-refractivity contribution in [2.24, 2.45) is 5.92 Å². The molecule has 0 heterocycles. The monoisotopic (exact) mass is 254 g/mol. The second kappa shape index (κ2) is 11.3. The van der Waals surface area contributed by atoms with E-state index in [0.29, 0.717) is 0 Å². The van der Waals surface area contributed by atoms with Gasteiger partial charge in [-0.1, -0.05) is 99.7 Å². The third-order valence-electron chi connectivity index (χ3n) is 1.98. The van der Waals surface area contributed by atoms with Gasteiger partial charge in [0.05, 0.1) is 0 Å². The minimum Gasteiger partial charge on any atom is -0.0985 e. The van der Waals surface area contributed by atoms with Crippen LogP contribution >= 0.6 is 0 Å². The predicted octanol–water partition coefficient (Wildman–Crippen LogP) is 5.99. The number of hydrogen-bond donors (Lipinski definition) is 0. The molecule has 19 heavy (non-hydrogen) atoms. The Balaban J connectivity index is 0.000000272. The molecule has 0 bridgehead atoms. The average Bonchev–Trinajstić information content (AvgIpc) is 2.41. The van der Waals surface area contributed by atoms with E-state index in [1.165, 1.54) is 11.1 Å². The normalized spacial score (nSPS) is 8.68. The largest absolute Gasteiger partial charge is 0.0985 e. The maximum atomic E-state index is 3.63. The highest BCUT2D eigenvalue weighted by Gasteiger charge is 1.75. The topological polar surface area (TPSA) is 0 Å². The molecule has 0 aromatic heterocycles. The first-order valence-corrected chi connectivity index (χ1v) is 6.75. The Morgan fingerprint density at radius 1 is 0.789 bits per heavy atom. The van der Waals surface area contributed by atoms with E-state index in [1.807, 2.05) is 54.6 Å². The fourth-order valence-electron chi connectivity index (χ4n) is 1.12. The number of benzene rings is 2. The van der Waals surface area contributed by atoms with Crippen molar-refractivity contribution < 1.29 is 0 Å². The molecule has 0 aliphatic rings. The van der Waals surface area contributed by atoms with E-state index >= 15 is 0 Å². The molecule has 2 rings (SSSR count). The van der Waals surface area contributed by atoms with Gasteiger partial charge in [0.2, 0.25) is 0 Å². The summed E-state index contributed by atoms with van der Waals surface area (Å²) in [5, 5.41) is 0. The molecule has 2 aromatic rings. The Kier molecular flexibility index (Phi) is 10.2. The van der Waals surface area contributed by atoms with Crippen LogP contribution in [0.4, 0.5) is 0 Å². The number of rotatable bonds is 1. The van der Waals surface area contributed by atoms with Crippen molar-refractivity contribution in [2.45, 2.75) is 27.7 Å². The Morgan fingerprint density at radius 2 is 1.16 bits per heavy atom. The summed E-state index contributed by atoms with van der Waals surface area (Å²) >= 11 is 0. The van der Waals surface area contributed by atoms with Crippen molar-refractivity contribution in [1.29, 1.82) is 0 Å². The standard InChI is InChI=1S/C8H8.C7H8.C4H10/c1-2-8-6-4-3-5-7-8;1-7-5-3-2-4-6-7;1-4(2)3/h2-7H,1H2;2-6H,1H3;4H,1-3H3. The Labute approximate surface area is 118 Å². The lowest BCUT2D eigenvalue weighted by atomic mass is 10.2. The molecule has 2 aromatic carbocycles. The van der Waals surface area contributed by atoms with E-state index in [1.54, 1.807) is 0 Å². The fraction of sp³-hybridized carbons (Fsp3) is 0.263. The van der Waals surface area contributed by atoms with E-state index in [9.17, 15) is 0 Å². The molecule has 0 saturated carbocycles. The number of aryl methyl sites for hydroxylation is 1. The zero-order valence-corrected chi connectivity index (χ0v) is 12.6. The van der Waals surface area contributed by atoms with Crippen molar-refractivity contribution in [3.63, 3.8) is 0 Å². The van der Waals surface area contributed by atoms with Crippen LogP contribution in [0.2, 0.25) is 0 Å². The molecule has 0 aliphatic heterocycles. The van der Waals surface area contributed by atoms with Crippen molar-refractivity contribution in [2.75, 3.05) is 0 Å². The first-order valence-electron chi connectivity index (χ1n) is 6.75. The lowest BCUT2D eigenvalue weighted by Gasteiger charge is -1.85. The van der Waals surface area contributed by atoms with Gasteiger partial charge in [-0.3, -0.25) is 0 Å². The van der Waals surface area contributed by atoms with Gasteiger partial charge in [0, 0.05) is 0 Å². The van der Waals surface area contributed by atoms with Gasteiger partial charge < -0.3 is 0 Å². The van der Waals surface area contributed by atoms with E-state index in [4.69, 9.17) is 0 Å². The quantitative estimate of drug-likeness (QED) is 0.586. The van der Waals surface area contributed by atoms with Gasteiger partial charge in [0.15, 0.2) is 0 Å². The summed E-state index contributed by atoms with van der Waals surface area (Å²) in [7, 11) is 0. The summed E-state index contributed by atoms with van der Waals surface area (Å²) in [5.41, 5.74) is 2.50. The molecule has 0 amide bonds. The van der Waals surface area contributed by atoms with Crippen LogP contribution in [0.25, 0.3) is 6.08 Å². The Morgan fingerprint density at radius 3 is 1.37 bits per heavy atom. The second-order valence-corrected chi connectivity index (χ2v) is 5.00. The second-order valence-electron chi connectivity index (χ2n) is 5.00. The van der Waals surface area contributed by atoms with Crippen LogP contribution in [0.3, 0.4) is 0 Å². The summed E-state index contributed by atoms with van der Waals surface area (Å²) in [5.74, 6) is 0.833. The zero-order valence-electron chi connectivity index (χ0n) is 12.6. The van der Waals surface area contributed by atoms with Crippen LogP contribution in [0.5, 0.6) is 0 Å². The van der Waals surface area contributed by atoms with Gasteiger partial charge in [-0.2, -0.15) is 0 Å². The minimum atomic E-state index is 0.833. The highest BCUT2D eigenvalue weighted by atomic mass is 13.8. The summed E-state index contributed by atoms with van der Waals surface area (Å²) < 4.78 is 0. The maximum Gasteiger partial charge on any atom is -0.0263 e. The van der Waals surface area contributed by atoms with E-state index in [0.717, 1.165) is 5.92 Å². The smallest absolute Gasteiger partial charge is 0.0263 e. The lowest BCUT2D eigenvalue weighted by molar-refractivity contribution is 0.737. The fourth-order valence-corrected chi connectivity index (χ4v) is 1.12. The van der Waals surface area contributed by atoms with Crippen LogP contribution in [0.1, 0.15) is 31.9 Å². The average molecular weight is 254 g/mol. The Bertz CT molecular complexity index is 410. The summed E-state index contributed by atoms with van der Waals surface area (Å²) in [6.07, 6.45) is 1.83. The highest BCUT2D eigenvalue weighted by Crippen LogP contribution is 1.97. The van der Waals surface area contributed by atoms with Crippen LogP contribution in [-0.4, -0.2) is 0 Å². The summed E-state index contributed by atoms with van der Waals surface area (Å²) in [4.78, 5) is 0. The van der Waals surface area contributed by atoms with Crippen LogP contribution in [0, 0.1) is 12.8 Å². The number of hydrogen-bond acceptors (Lipinski definition) is 0. The van der Waals surface area contributed by atoms with Gasteiger partial charge in [-0.25, -0.2) is 0 Å². The molecule has 0 heteroatoms. The van der Waals surface area contributed by atoms with Gasteiger partial charge >= 0.3 is 0 Å². The van der Waals surface area contributed by atoms with Gasteiger partial charge in [0.25, 0.3) is 0 Å². The minimum absolute atomic E-state index is 0.833. The van der Waals surface area contributed by atoms with Crippen molar-refractivity contribution >= 4 is 6.08 Å². The van der Waals surface area contributed by atoms with E-state index < -0.39 is 0 Å². The molecular weight excluding hydrogens is 228 g/mol. The molecule has 0 N–H and O–H groups in total. The van der Waals surface area contributed by atoms with Crippen LogP contribution in [-0.2, 0) is 0 Å². The molecule has 0 saturated heterocycles. The summed E-state index contributed by atoms with van der Waals surface area (Å²) in [6, 6.07) is 20.3. The molecule has 0 radical (unpaired) electrons. The SMILES string of the molecule is C=Cc1ccccc1.CC(C)C.Cc1ccccc1. The molecular formula is C19H26. The summed E-state index contributed by atoms with van der Waals surface area (Å²) in [6.45, 7) is 12.2. The third kappa shape index (κ3) is 12.4. The van der Waals surface area contributed by atoms with Crippen molar-refractivity contribution in [1.82, 2.24) is 0 Å². The van der Waals surface area contributed by atoms with Gasteiger partial charge in [-0.15, -0.1) is 0 Å². The van der Waals surface area contributed by atoms with E-state index in [-0.39, 0.29) is 0 Å². The molecule has 0 nitrogen and oxygen atoms in total. The van der Waals surface area contributed by atoms with Gasteiger partial charge in [0.1, 0.15) is 0 Å². The van der Waals surface area contributed by atoms with Crippen molar-refractivity contribution in [3.05, 3.63) is 78.4 Å². The zero-order chi connectivity index (χ0) is 14.5. The maximum absolute atomic E-state index is 3.63. The molecule has 0 spiro atoms. The molecule has 0 aliphatic carbocycles. The predicted molar refractivity (Wildman–Crippen MR) is 88.2 cm³/mol. The van der Waals surface area contributed by atoms with Gasteiger partial charge in [-0.05, 0) is 18.4 Å². The first-order chi connectivity index (χ1) is 9.06. The highest BCUT2D eigenvalue weighted by molar-refractivity contribution is 5.45. The van der Waals surface area contributed by atoms with Crippen molar-refractivity contribution in [3.8, 4) is 0 Å².